The van der Waals surface area contributed by atoms with E-state index in [2.05, 4.69) is 15.9 Å². The van der Waals surface area contributed by atoms with Crippen LogP contribution in [0.3, 0.4) is 0 Å². The Balaban J connectivity index is 2.15. The van der Waals surface area contributed by atoms with E-state index in [1.165, 1.54) is 0 Å². The number of carboxylic acids is 2. The van der Waals surface area contributed by atoms with Crippen LogP contribution in [0.15, 0.2) is 53.0 Å². The summed E-state index contributed by atoms with van der Waals surface area (Å²) in [5.41, 5.74) is 2.41. The van der Waals surface area contributed by atoms with Crippen LogP contribution < -0.4 is 0 Å². The van der Waals surface area contributed by atoms with Crippen molar-refractivity contribution in [2.24, 2.45) is 11.8 Å². The fraction of sp³-hybridized carbons (Fsp3) is 0.250. The number of rotatable bonds is 8. The zero-order valence-electron chi connectivity index (χ0n) is 14.2. The van der Waals surface area contributed by atoms with Crippen LogP contribution in [0.4, 0.5) is 0 Å². The van der Waals surface area contributed by atoms with Crippen LogP contribution in [0.5, 0.6) is 0 Å². The van der Waals surface area contributed by atoms with Crippen molar-refractivity contribution in [1.82, 2.24) is 0 Å². The van der Waals surface area contributed by atoms with Crippen molar-refractivity contribution in [3.63, 3.8) is 0 Å². The predicted octanol–water partition coefficient (Wildman–Crippen LogP) is 4.50. The first kappa shape index (κ1) is 19.8. The molecule has 1 unspecified atom stereocenters. The highest BCUT2D eigenvalue weighted by molar-refractivity contribution is 9.10. The van der Waals surface area contributed by atoms with Gasteiger partial charge in [0.25, 0.3) is 0 Å². The molecule has 0 amide bonds. The lowest BCUT2D eigenvalue weighted by Crippen LogP contribution is -2.32. The molecule has 0 bridgehead atoms. The van der Waals surface area contributed by atoms with Crippen molar-refractivity contribution in [2.75, 3.05) is 0 Å². The zero-order chi connectivity index (χ0) is 19.3. The number of carbonyl (C=O) groups excluding carboxylic acids is 1. The number of hydrogen-bond acceptors (Lipinski definition) is 3. The highest BCUT2D eigenvalue weighted by atomic mass is 79.9. The lowest BCUT2D eigenvalue weighted by Gasteiger charge is -2.18. The van der Waals surface area contributed by atoms with E-state index in [1.807, 2.05) is 36.4 Å². The minimum absolute atomic E-state index is 0.114. The van der Waals surface area contributed by atoms with E-state index in [0.717, 1.165) is 15.6 Å². The van der Waals surface area contributed by atoms with Crippen molar-refractivity contribution in [3.05, 3.63) is 58.6 Å². The van der Waals surface area contributed by atoms with Crippen molar-refractivity contribution in [2.45, 2.75) is 19.8 Å². The van der Waals surface area contributed by atoms with Gasteiger partial charge in [-0.15, -0.1) is 0 Å². The molecule has 2 N–H and O–H groups in total. The quantitative estimate of drug-likeness (QED) is 0.486. The molecule has 0 radical (unpaired) electrons. The summed E-state index contributed by atoms with van der Waals surface area (Å²) in [6.45, 7) is 1.69. The molecule has 0 aliphatic rings. The molecule has 0 aliphatic carbocycles. The molecule has 2 rings (SSSR count). The number of Topliss-reactive ketones (excluding diaryl/α,β-unsaturated/α-hetero) is 1. The maximum absolute atomic E-state index is 12.5. The summed E-state index contributed by atoms with van der Waals surface area (Å²) in [6.07, 6.45) is 0.184. The van der Waals surface area contributed by atoms with Crippen LogP contribution in [0.1, 0.15) is 30.1 Å². The van der Waals surface area contributed by atoms with Gasteiger partial charge < -0.3 is 10.2 Å². The molecular weight excluding hydrogens is 400 g/mol. The average molecular weight is 419 g/mol. The first-order valence-corrected chi connectivity index (χ1v) is 8.97. The minimum atomic E-state index is -1.58. The molecule has 0 aromatic heterocycles. The molecule has 6 heteroatoms. The third-order valence-electron chi connectivity index (χ3n) is 4.36. The smallest absolute Gasteiger partial charge is 0.318 e. The van der Waals surface area contributed by atoms with E-state index >= 15 is 0 Å². The van der Waals surface area contributed by atoms with Gasteiger partial charge in [0.1, 0.15) is 0 Å². The number of carbonyl (C=O) groups is 3. The van der Waals surface area contributed by atoms with Gasteiger partial charge in [-0.2, -0.15) is 0 Å². The second kappa shape index (κ2) is 8.76. The molecular formula is C20H19BrO5. The third-order valence-corrected chi connectivity index (χ3v) is 4.89. The minimum Gasteiger partial charge on any atom is -0.481 e. The van der Waals surface area contributed by atoms with Crippen molar-refractivity contribution >= 4 is 33.7 Å². The Morgan fingerprint density at radius 1 is 0.885 bits per heavy atom. The number of hydrogen-bond donors (Lipinski definition) is 2. The lowest BCUT2D eigenvalue weighted by molar-refractivity contribution is -0.157. The monoisotopic (exact) mass is 418 g/mol. The van der Waals surface area contributed by atoms with Gasteiger partial charge in [0.05, 0.1) is 0 Å². The maximum atomic E-state index is 12.5. The van der Waals surface area contributed by atoms with Gasteiger partial charge in [-0.25, -0.2) is 0 Å². The Labute approximate surface area is 159 Å². The zero-order valence-corrected chi connectivity index (χ0v) is 15.8. The predicted molar refractivity (Wildman–Crippen MR) is 101 cm³/mol. The lowest BCUT2D eigenvalue weighted by atomic mass is 9.84. The van der Waals surface area contributed by atoms with Gasteiger partial charge in [-0.3, -0.25) is 14.4 Å². The van der Waals surface area contributed by atoms with Gasteiger partial charge in [0.2, 0.25) is 0 Å². The van der Waals surface area contributed by atoms with Crippen LogP contribution >= 0.6 is 15.9 Å². The number of halogens is 1. The van der Waals surface area contributed by atoms with E-state index in [4.69, 9.17) is 10.2 Å². The molecule has 2 aromatic carbocycles. The van der Waals surface area contributed by atoms with Crippen molar-refractivity contribution < 1.29 is 24.6 Å². The fourth-order valence-electron chi connectivity index (χ4n) is 2.85. The summed E-state index contributed by atoms with van der Waals surface area (Å²) in [5.74, 6) is -5.41. The molecule has 0 spiro atoms. The highest BCUT2D eigenvalue weighted by Crippen LogP contribution is 2.25. The van der Waals surface area contributed by atoms with E-state index in [1.54, 1.807) is 19.1 Å². The van der Waals surface area contributed by atoms with E-state index < -0.39 is 23.8 Å². The van der Waals surface area contributed by atoms with Crippen LogP contribution in [0, 0.1) is 11.8 Å². The number of carboxylic acid groups (broad SMARTS) is 2. The van der Waals surface area contributed by atoms with Crippen LogP contribution in [-0.2, 0) is 9.59 Å². The van der Waals surface area contributed by atoms with E-state index in [-0.39, 0.29) is 12.2 Å². The molecule has 2 aromatic rings. The molecule has 136 valence electrons. The highest BCUT2D eigenvalue weighted by Gasteiger charge is 2.35. The Hall–Kier alpha value is -2.47. The topological polar surface area (TPSA) is 91.7 Å². The summed E-state index contributed by atoms with van der Waals surface area (Å²) in [5, 5.41) is 18.2. The van der Waals surface area contributed by atoms with Crippen LogP contribution in [0.25, 0.3) is 11.1 Å². The first-order valence-electron chi connectivity index (χ1n) is 8.18. The third kappa shape index (κ3) is 4.79. The van der Waals surface area contributed by atoms with Crippen LogP contribution in [-0.4, -0.2) is 27.9 Å². The maximum Gasteiger partial charge on any atom is 0.318 e. The normalized spacial score (nSPS) is 12.0. The fourth-order valence-corrected chi connectivity index (χ4v) is 3.12. The molecule has 5 nitrogen and oxygen atoms in total. The van der Waals surface area contributed by atoms with E-state index in [0.29, 0.717) is 12.0 Å². The molecule has 0 saturated heterocycles. The largest absolute Gasteiger partial charge is 0.481 e. The van der Waals surface area contributed by atoms with Gasteiger partial charge in [-0.1, -0.05) is 65.7 Å². The second-order valence-corrected chi connectivity index (χ2v) is 6.95. The van der Waals surface area contributed by atoms with Gasteiger partial charge >= 0.3 is 11.9 Å². The molecule has 0 saturated carbocycles. The first-order chi connectivity index (χ1) is 12.3. The van der Waals surface area contributed by atoms with Crippen molar-refractivity contribution in [1.29, 1.82) is 0 Å². The van der Waals surface area contributed by atoms with E-state index in [9.17, 15) is 14.4 Å². The van der Waals surface area contributed by atoms with Crippen LogP contribution in [0.2, 0.25) is 0 Å². The SMILES string of the molecule is CCC(CC(=O)c1ccc(-c2ccc(Br)cc2)cc1)C(C(=O)O)C(=O)O. The van der Waals surface area contributed by atoms with Gasteiger partial charge in [0, 0.05) is 16.5 Å². The summed E-state index contributed by atoms with van der Waals surface area (Å²) in [7, 11) is 0. The van der Waals surface area contributed by atoms with Gasteiger partial charge in [-0.05, 0) is 29.2 Å². The molecule has 0 heterocycles. The van der Waals surface area contributed by atoms with Gasteiger partial charge in [0.15, 0.2) is 11.7 Å². The molecule has 0 aliphatic heterocycles. The summed E-state index contributed by atoms with van der Waals surface area (Å²) in [6, 6.07) is 14.8. The Kier molecular flexibility index (Phi) is 6.69. The Morgan fingerprint density at radius 3 is 1.77 bits per heavy atom. The Morgan fingerprint density at radius 2 is 1.35 bits per heavy atom. The summed E-state index contributed by atoms with van der Waals surface area (Å²) < 4.78 is 0.977. The standard InChI is InChI=1S/C20H19BrO5/c1-2-12(18(19(23)24)20(25)26)11-17(22)15-5-3-13(4-6-15)14-7-9-16(21)10-8-14/h3-10,12,18H,2,11H2,1H3,(H,23,24)(H,25,26). The Bertz CT molecular complexity index is 782. The second-order valence-electron chi connectivity index (χ2n) is 6.03. The average Bonchev–Trinajstić information content (AvgIpc) is 2.61. The number of ketones is 1. The molecule has 0 fully saturated rings. The summed E-state index contributed by atoms with van der Waals surface area (Å²) in [4.78, 5) is 34.8. The molecule has 1 atom stereocenters. The number of aliphatic carboxylic acids is 2. The summed E-state index contributed by atoms with van der Waals surface area (Å²) >= 11 is 3.38. The van der Waals surface area contributed by atoms with Crippen molar-refractivity contribution in [3.8, 4) is 11.1 Å². The number of benzene rings is 2. The molecule has 26 heavy (non-hydrogen) atoms.